The minimum Gasteiger partial charge on any atom is -0.120 e. The molecule has 2 rings (SSSR count). The first-order chi connectivity index (χ1) is 8.92. The molecule has 1 atom stereocenters. The van der Waals surface area contributed by atoms with Gasteiger partial charge in [-0.15, -0.1) is 12.3 Å². The van der Waals surface area contributed by atoms with E-state index in [2.05, 4.69) is 42.3 Å². The summed E-state index contributed by atoms with van der Waals surface area (Å²) in [5, 5.41) is 0. The molecule has 0 aliphatic heterocycles. The summed E-state index contributed by atoms with van der Waals surface area (Å²) in [6.07, 6.45) is 18.6. The minimum absolute atomic E-state index is 0.659. The van der Waals surface area contributed by atoms with E-state index in [0.29, 0.717) is 5.92 Å². The van der Waals surface area contributed by atoms with Crippen molar-refractivity contribution >= 4 is 6.08 Å². The Kier molecular flexibility index (Phi) is 5.09. The van der Waals surface area contributed by atoms with Gasteiger partial charge >= 0.3 is 0 Å². The molecular formula is C18H22. The van der Waals surface area contributed by atoms with Crippen LogP contribution in [0.3, 0.4) is 0 Å². The number of hydrogen-bond donors (Lipinski definition) is 0. The summed E-state index contributed by atoms with van der Waals surface area (Å²) < 4.78 is 0. The lowest BCUT2D eigenvalue weighted by Crippen LogP contribution is -1.93. The van der Waals surface area contributed by atoms with Crippen LogP contribution in [0.1, 0.15) is 62.0 Å². The average Bonchev–Trinajstić information content (AvgIpc) is 2.81. The Morgan fingerprint density at radius 2 is 1.78 bits per heavy atom. The predicted octanol–water partition coefficient (Wildman–Crippen LogP) is 5.16. The zero-order valence-corrected chi connectivity index (χ0v) is 11.1. The molecule has 0 saturated heterocycles. The van der Waals surface area contributed by atoms with Gasteiger partial charge in [0.05, 0.1) is 0 Å². The van der Waals surface area contributed by atoms with Crippen molar-refractivity contribution in [3.63, 3.8) is 0 Å². The molecule has 1 unspecified atom stereocenters. The topological polar surface area (TPSA) is 0 Å². The maximum Gasteiger partial charge on any atom is 0.00860 e. The standard InChI is InChI=1S/C18H22/c1-2-3-4-5-6-7-8-11-16-14-15-17-12-9-10-13-18(16)17/h1,9-10,12-16H,3-8,11H2. The lowest BCUT2D eigenvalue weighted by atomic mass is 9.94. The number of fused-ring (bicyclic) bond motifs is 1. The van der Waals surface area contributed by atoms with E-state index in [-0.39, 0.29) is 0 Å². The fourth-order valence-electron chi connectivity index (χ4n) is 2.70. The van der Waals surface area contributed by atoms with Crippen LogP contribution in [0.5, 0.6) is 0 Å². The molecule has 18 heavy (non-hydrogen) atoms. The maximum absolute atomic E-state index is 5.24. The summed E-state index contributed by atoms with van der Waals surface area (Å²) in [5.41, 5.74) is 2.93. The molecule has 0 nitrogen and oxygen atoms in total. The third kappa shape index (κ3) is 3.50. The largest absolute Gasteiger partial charge is 0.120 e. The Labute approximate surface area is 111 Å². The summed E-state index contributed by atoms with van der Waals surface area (Å²) in [7, 11) is 0. The van der Waals surface area contributed by atoms with E-state index in [1.807, 2.05) is 0 Å². The van der Waals surface area contributed by atoms with Crippen molar-refractivity contribution in [2.24, 2.45) is 0 Å². The molecule has 0 amide bonds. The van der Waals surface area contributed by atoms with E-state index in [1.165, 1.54) is 49.7 Å². The lowest BCUT2D eigenvalue weighted by molar-refractivity contribution is 0.582. The molecule has 0 radical (unpaired) electrons. The van der Waals surface area contributed by atoms with Gasteiger partial charge in [0.2, 0.25) is 0 Å². The summed E-state index contributed by atoms with van der Waals surface area (Å²) >= 11 is 0. The van der Waals surface area contributed by atoms with Gasteiger partial charge < -0.3 is 0 Å². The van der Waals surface area contributed by atoms with Crippen LogP contribution in [0.4, 0.5) is 0 Å². The van der Waals surface area contributed by atoms with Gasteiger partial charge in [-0.3, -0.25) is 0 Å². The molecule has 0 aromatic heterocycles. The second-order valence-electron chi connectivity index (χ2n) is 5.11. The molecular weight excluding hydrogens is 216 g/mol. The van der Waals surface area contributed by atoms with Crippen LogP contribution in [-0.4, -0.2) is 0 Å². The van der Waals surface area contributed by atoms with Gasteiger partial charge in [-0.1, -0.05) is 62.1 Å². The third-order valence-corrected chi connectivity index (χ3v) is 3.74. The van der Waals surface area contributed by atoms with Gasteiger partial charge in [0.25, 0.3) is 0 Å². The van der Waals surface area contributed by atoms with Gasteiger partial charge in [0, 0.05) is 12.3 Å². The van der Waals surface area contributed by atoms with Crippen LogP contribution in [-0.2, 0) is 0 Å². The molecule has 0 saturated carbocycles. The number of allylic oxidation sites excluding steroid dienone is 1. The first-order valence-electron chi connectivity index (χ1n) is 7.12. The summed E-state index contributed by atoms with van der Waals surface area (Å²) in [4.78, 5) is 0. The number of terminal acetylenes is 1. The van der Waals surface area contributed by atoms with E-state index in [9.17, 15) is 0 Å². The van der Waals surface area contributed by atoms with Crippen LogP contribution < -0.4 is 0 Å². The highest BCUT2D eigenvalue weighted by molar-refractivity contribution is 5.62. The Morgan fingerprint density at radius 3 is 2.67 bits per heavy atom. The van der Waals surface area contributed by atoms with E-state index in [0.717, 1.165) is 6.42 Å². The van der Waals surface area contributed by atoms with Crippen molar-refractivity contribution in [2.75, 3.05) is 0 Å². The summed E-state index contributed by atoms with van der Waals surface area (Å²) in [6.45, 7) is 0. The van der Waals surface area contributed by atoms with Crippen LogP contribution >= 0.6 is 0 Å². The summed E-state index contributed by atoms with van der Waals surface area (Å²) in [5.74, 6) is 3.36. The van der Waals surface area contributed by atoms with E-state index < -0.39 is 0 Å². The molecule has 1 aromatic carbocycles. The number of unbranched alkanes of at least 4 members (excludes halogenated alkanes) is 5. The molecule has 0 heteroatoms. The molecule has 94 valence electrons. The Hall–Kier alpha value is -1.48. The number of hydrogen-bond acceptors (Lipinski definition) is 0. The van der Waals surface area contributed by atoms with Crippen LogP contribution in [0, 0.1) is 12.3 Å². The van der Waals surface area contributed by atoms with Crippen LogP contribution in [0.2, 0.25) is 0 Å². The molecule has 0 heterocycles. The predicted molar refractivity (Wildman–Crippen MR) is 79.4 cm³/mol. The fourth-order valence-corrected chi connectivity index (χ4v) is 2.70. The zero-order valence-electron chi connectivity index (χ0n) is 11.1. The van der Waals surface area contributed by atoms with Crippen molar-refractivity contribution < 1.29 is 0 Å². The normalized spacial score (nSPS) is 16.5. The highest BCUT2D eigenvalue weighted by Crippen LogP contribution is 2.33. The highest BCUT2D eigenvalue weighted by atomic mass is 14.2. The van der Waals surface area contributed by atoms with Gasteiger partial charge in [-0.05, 0) is 24.0 Å². The molecule has 1 aliphatic rings. The molecule has 1 aromatic rings. The van der Waals surface area contributed by atoms with E-state index >= 15 is 0 Å². The number of benzene rings is 1. The molecule has 0 spiro atoms. The lowest BCUT2D eigenvalue weighted by Gasteiger charge is -2.10. The number of rotatable bonds is 7. The van der Waals surface area contributed by atoms with Gasteiger partial charge in [0.1, 0.15) is 0 Å². The van der Waals surface area contributed by atoms with Crippen molar-refractivity contribution in [1.82, 2.24) is 0 Å². The Bertz CT molecular complexity index is 434. The maximum atomic E-state index is 5.24. The summed E-state index contributed by atoms with van der Waals surface area (Å²) in [6, 6.07) is 8.76. The molecule has 0 N–H and O–H groups in total. The average molecular weight is 238 g/mol. The smallest absolute Gasteiger partial charge is 0.00860 e. The first kappa shape index (κ1) is 13.0. The van der Waals surface area contributed by atoms with Crippen molar-refractivity contribution in [1.29, 1.82) is 0 Å². The van der Waals surface area contributed by atoms with Crippen LogP contribution in [0.15, 0.2) is 30.3 Å². The van der Waals surface area contributed by atoms with Crippen molar-refractivity contribution in [3.8, 4) is 12.3 Å². The Balaban J connectivity index is 1.64. The molecule has 1 aliphatic carbocycles. The third-order valence-electron chi connectivity index (χ3n) is 3.74. The highest BCUT2D eigenvalue weighted by Gasteiger charge is 2.15. The molecule has 0 bridgehead atoms. The minimum atomic E-state index is 0.659. The van der Waals surface area contributed by atoms with E-state index in [1.54, 1.807) is 0 Å². The second-order valence-corrected chi connectivity index (χ2v) is 5.11. The Morgan fingerprint density at radius 1 is 1.00 bits per heavy atom. The van der Waals surface area contributed by atoms with Gasteiger partial charge in [0.15, 0.2) is 0 Å². The fraction of sp³-hybridized carbons (Fsp3) is 0.444. The van der Waals surface area contributed by atoms with Crippen molar-refractivity contribution in [2.45, 2.75) is 50.9 Å². The second kappa shape index (κ2) is 7.07. The van der Waals surface area contributed by atoms with Gasteiger partial charge in [-0.2, -0.15) is 0 Å². The van der Waals surface area contributed by atoms with Crippen LogP contribution in [0.25, 0.3) is 6.08 Å². The quantitative estimate of drug-likeness (QED) is 0.454. The SMILES string of the molecule is C#CCCCCCCCC1C=Cc2ccccc21. The van der Waals surface area contributed by atoms with E-state index in [4.69, 9.17) is 6.42 Å². The van der Waals surface area contributed by atoms with Gasteiger partial charge in [-0.25, -0.2) is 0 Å². The first-order valence-corrected chi connectivity index (χ1v) is 7.12. The molecule has 0 fully saturated rings. The monoisotopic (exact) mass is 238 g/mol. The van der Waals surface area contributed by atoms with Crippen molar-refractivity contribution in [3.05, 3.63) is 41.5 Å². The zero-order chi connectivity index (χ0) is 12.6.